The van der Waals surface area contributed by atoms with Crippen molar-refractivity contribution in [3.05, 3.63) is 60.0 Å². The van der Waals surface area contributed by atoms with Crippen LogP contribution in [0.3, 0.4) is 0 Å². The lowest BCUT2D eigenvalue weighted by Gasteiger charge is -2.22. The van der Waals surface area contributed by atoms with Crippen LogP contribution >= 0.6 is 0 Å². The average Bonchev–Trinajstić information content (AvgIpc) is 2.46. The fraction of sp³-hybridized carbons (Fsp3) is 0.267. The topological polar surface area (TPSA) is 59.1 Å². The van der Waals surface area contributed by atoms with Crippen LogP contribution in [0.4, 0.5) is 4.39 Å². The molecule has 0 saturated carbocycles. The number of hydrogen-bond acceptors (Lipinski definition) is 3. The molecule has 0 radical (unpaired) electrons. The first-order valence-electron chi connectivity index (χ1n) is 6.59. The number of benzene rings is 1. The van der Waals surface area contributed by atoms with E-state index >= 15 is 0 Å². The molecule has 1 atom stereocenters. The lowest BCUT2D eigenvalue weighted by molar-refractivity contribution is 0.458. The fourth-order valence-corrected chi connectivity index (χ4v) is 3.42. The van der Waals surface area contributed by atoms with Crippen LogP contribution in [0.2, 0.25) is 0 Å². The summed E-state index contributed by atoms with van der Waals surface area (Å²) in [6, 6.07) is 11.2. The Morgan fingerprint density at radius 1 is 1.10 bits per heavy atom. The van der Waals surface area contributed by atoms with Crippen LogP contribution < -0.4 is 4.72 Å². The molecule has 0 amide bonds. The molecule has 1 N–H and O–H groups in total. The van der Waals surface area contributed by atoms with Crippen molar-refractivity contribution in [2.24, 2.45) is 5.92 Å². The molecule has 4 nitrogen and oxygen atoms in total. The monoisotopic (exact) mass is 308 g/mol. The van der Waals surface area contributed by atoms with E-state index < -0.39 is 26.9 Å². The van der Waals surface area contributed by atoms with E-state index in [2.05, 4.69) is 9.71 Å². The number of sulfonamides is 1. The molecule has 1 unspecified atom stereocenters. The molecule has 0 aliphatic rings. The molecule has 1 aromatic heterocycles. The summed E-state index contributed by atoms with van der Waals surface area (Å²) in [6.45, 7) is 3.80. The van der Waals surface area contributed by atoms with Crippen molar-refractivity contribution in [3.8, 4) is 0 Å². The molecule has 112 valence electrons. The summed E-state index contributed by atoms with van der Waals surface area (Å²) in [6.07, 6.45) is 1.25. The van der Waals surface area contributed by atoms with E-state index in [1.54, 1.807) is 0 Å². The van der Waals surface area contributed by atoms with Gasteiger partial charge in [-0.3, -0.25) is 0 Å². The van der Waals surface area contributed by atoms with Crippen LogP contribution in [0.15, 0.2) is 53.7 Å². The smallest absolute Gasteiger partial charge is 0.241 e. The molecule has 0 aliphatic carbocycles. The molecular weight excluding hydrogens is 291 g/mol. The molecule has 0 bridgehead atoms. The zero-order valence-corrected chi connectivity index (χ0v) is 12.6. The van der Waals surface area contributed by atoms with Crippen molar-refractivity contribution in [1.29, 1.82) is 0 Å². The van der Waals surface area contributed by atoms with Crippen LogP contribution in [0.25, 0.3) is 0 Å². The normalized spacial score (nSPS) is 13.3. The average molecular weight is 308 g/mol. The number of nitrogens with zero attached hydrogens (tertiary/aromatic N) is 1. The van der Waals surface area contributed by atoms with Gasteiger partial charge in [-0.2, -0.15) is 0 Å². The van der Waals surface area contributed by atoms with E-state index in [-0.39, 0.29) is 5.92 Å². The Bertz CT molecular complexity index is 703. The highest BCUT2D eigenvalue weighted by atomic mass is 32.2. The Morgan fingerprint density at radius 2 is 1.76 bits per heavy atom. The minimum atomic E-state index is -4.02. The maximum absolute atomic E-state index is 13.7. The quantitative estimate of drug-likeness (QED) is 0.924. The Balaban J connectivity index is 2.36. The summed E-state index contributed by atoms with van der Waals surface area (Å²) in [5, 5.41) is -0.577. The number of nitrogens with one attached hydrogen (secondary N) is 1. The molecule has 1 heterocycles. The molecule has 6 heteroatoms. The van der Waals surface area contributed by atoms with Gasteiger partial charge in [-0.05, 0) is 23.6 Å². The Labute approximate surface area is 124 Å². The Kier molecular flexibility index (Phi) is 4.69. The van der Waals surface area contributed by atoms with Gasteiger partial charge < -0.3 is 0 Å². The SMILES string of the molecule is CC(C)C(NS(=O)(=O)c1ncccc1F)c1ccccc1. The van der Waals surface area contributed by atoms with Crippen LogP contribution in [0, 0.1) is 11.7 Å². The Morgan fingerprint density at radius 3 is 2.33 bits per heavy atom. The third-order valence-corrected chi connectivity index (χ3v) is 4.46. The van der Waals surface area contributed by atoms with E-state index in [4.69, 9.17) is 0 Å². The lowest BCUT2D eigenvalue weighted by Crippen LogP contribution is -2.32. The molecule has 2 aromatic rings. The van der Waals surface area contributed by atoms with Crippen LogP contribution in [0.1, 0.15) is 25.5 Å². The minimum Gasteiger partial charge on any atom is -0.241 e. The van der Waals surface area contributed by atoms with E-state index in [9.17, 15) is 12.8 Å². The van der Waals surface area contributed by atoms with Crippen molar-refractivity contribution in [2.45, 2.75) is 24.9 Å². The summed E-state index contributed by atoms with van der Waals surface area (Å²) in [5.74, 6) is -0.852. The largest absolute Gasteiger partial charge is 0.261 e. The van der Waals surface area contributed by atoms with Gasteiger partial charge in [0.25, 0.3) is 10.0 Å². The maximum atomic E-state index is 13.7. The summed E-state index contributed by atoms with van der Waals surface area (Å²) in [5.41, 5.74) is 0.826. The van der Waals surface area contributed by atoms with E-state index in [1.165, 1.54) is 12.3 Å². The first-order chi connectivity index (χ1) is 9.92. The number of rotatable bonds is 5. The third-order valence-electron chi connectivity index (χ3n) is 3.09. The van der Waals surface area contributed by atoms with Gasteiger partial charge >= 0.3 is 0 Å². The van der Waals surface area contributed by atoms with Crippen molar-refractivity contribution in [2.75, 3.05) is 0 Å². The molecular formula is C15H17FN2O2S. The van der Waals surface area contributed by atoms with E-state index in [1.807, 2.05) is 44.2 Å². The Hall–Kier alpha value is -1.79. The first-order valence-corrected chi connectivity index (χ1v) is 8.08. The van der Waals surface area contributed by atoms with Gasteiger partial charge in [-0.15, -0.1) is 0 Å². The summed E-state index contributed by atoms with van der Waals surface area (Å²) >= 11 is 0. The van der Waals surface area contributed by atoms with Gasteiger partial charge in [-0.1, -0.05) is 44.2 Å². The van der Waals surface area contributed by atoms with Gasteiger partial charge in [-0.25, -0.2) is 22.5 Å². The predicted molar refractivity (Wildman–Crippen MR) is 78.5 cm³/mol. The van der Waals surface area contributed by atoms with Gasteiger partial charge in [0.1, 0.15) is 0 Å². The molecule has 1 aromatic carbocycles. The van der Waals surface area contributed by atoms with Crippen molar-refractivity contribution in [3.63, 3.8) is 0 Å². The van der Waals surface area contributed by atoms with Crippen molar-refractivity contribution in [1.82, 2.24) is 9.71 Å². The molecule has 0 fully saturated rings. The maximum Gasteiger partial charge on any atom is 0.261 e. The van der Waals surface area contributed by atoms with Gasteiger partial charge in [0.15, 0.2) is 5.82 Å². The van der Waals surface area contributed by atoms with Crippen molar-refractivity contribution < 1.29 is 12.8 Å². The highest BCUT2D eigenvalue weighted by Crippen LogP contribution is 2.24. The summed E-state index contributed by atoms with van der Waals surface area (Å²) in [4.78, 5) is 3.63. The minimum absolute atomic E-state index is 0.00829. The fourth-order valence-electron chi connectivity index (χ4n) is 2.04. The van der Waals surface area contributed by atoms with Gasteiger partial charge in [0, 0.05) is 12.2 Å². The zero-order valence-electron chi connectivity index (χ0n) is 11.8. The molecule has 0 spiro atoms. The van der Waals surface area contributed by atoms with Gasteiger partial charge in [0.2, 0.25) is 5.03 Å². The number of hydrogen-bond donors (Lipinski definition) is 1. The number of pyridine rings is 1. The molecule has 21 heavy (non-hydrogen) atoms. The van der Waals surface area contributed by atoms with Crippen LogP contribution in [0.5, 0.6) is 0 Å². The highest BCUT2D eigenvalue weighted by Gasteiger charge is 2.27. The van der Waals surface area contributed by atoms with E-state index in [0.717, 1.165) is 11.6 Å². The van der Waals surface area contributed by atoms with Crippen molar-refractivity contribution >= 4 is 10.0 Å². The van der Waals surface area contributed by atoms with Crippen LogP contribution in [-0.4, -0.2) is 13.4 Å². The third kappa shape index (κ3) is 3.65. The van der Waals surface area contributed by atoms with E-state index in [0.29, 0.717) is 0 Å². The standard InChI is InChI=1S/C15H17FN2O2S/c1-11(2)14(12-7-4-3-5-8-12)18-21(19,20)15-13(16)9-6-10-17-15/h3-11,14,18H,1-2H3. The second-order valence-electron chi connectivity index (χ2n) is 5.04. The zero-order chi connectivity index (χ0) is 15.5. The molecule has 0 saturated heterocycles. The second-order valence-corrected chi connectivity index (χ2v) is 6.67. The lowest BCUT2D eigenvalue weighted by atomic mass is 9.97. The summed E-state index contributed by atoms with van der Waals surface area (Å²) < 4.78 is 40.8. The molecule has 0 aliphatic heterocycles. The first kappa shape index (κ1) is 15.6. The molecule has 2 rings (SSSR count). The van der Waals surface area contributed by atoms with Crippen LogP contribution in [-0.2, 0) is 10.0 Å². The number of halogens is 1. The highest BCUT2D eigenvalue weighted by molar-refractivity contribution is 7.89. The predicted octanol–water partition coefficient (Wildman–Crippen LogP) is 2.90. The number of aromatic nitrogens is 1. The summed E-state index contributed by atoms with van der Waals surface area (Å²) in [7, 11) is -4.02. The second kappa shape index (κ2) is 6.32. The van der Waals surface area contributed by atoms with Gasteiger partial charge in [0.05, 0.1) is 0 Å².